The van der Waals surface area contributed by atoms with Crippen LogP contribution in [-0.4, -0.2) is 34.1 Å². The summed E-state index contributed by atoms with van der Waals surface area (Å²) in [5.41, 5.74) is 0.844. The maximum Gasteiger partial charge on any atom is 0.333 e. The van der Waals surface area contributed by atoms with Gasteiger partial charge in [-0.05, 0) is 6.92 Å². The number of thiazole rings is 1. The van der Waals surface area contributed by atoms with E-state index >= 15 is 0 Å². The minimum atomic E-state index is -0.418. The summed E-state index contributed by atoms with van der Waals surface area (Å²) < 4.78 is 4.91. The Morgan fingerprint density at radius 1 is 1.50 bits per heavy atom. The van der Waals surface area contributed by atoms with Crippen LogP contribution in [0.3, 0.4) is 0 Å². The number of nitrogens with zero attached hydrogens (tertiary/aromatic N) is 2. The third kappa shape index (κ3) is 4.10. The zero-order valence-electron chi connectivity index (χ0n) is 13.2. The van der Waals surface area contributed by atoms with Crippen LogP contribution in [0, 0.1) is 0 Å². The number of hydrogen-bond acceptors (Lipinski definition) is 6. The highest BCUT2D eigenvalue weighted by Gasteiger charge is 2.28. The Hall–Kier alpha value is -1.34. The van der Waals surface area contributed by atoms with Crippen LogP contribution in [0.5, 0.6) is 0 Å². The third-order valence-corrected chi connectivity index (χ3v) is 5.29. The van der Waals surface area contributed by atoms with E-state index in [1.54, 1.807) is 23.2 Å². The van der Waals surface area contributed by atoms with E-state index in [1.165, 1.54) is 17.8 Å². The van der Waals surface area contributed by atoms with Crippen LogP contribution in [0.4, 0.5) is 0 Å². The molecule has 1 aliphatic rings. The topological polar surface area (TPSA) is 59.5 Å². The first-order valence-electron chi connectivity index (χ1n) is 7.07. The van der Waals surface area contributed by atoms with Crippen LogP contribution in [0.2, 0.25) is 0 Å². The number of hydrogen-bond donors (Lipinski definition) is 0. The van der Waals surface area contributed by atoms with Crippen molar-refractivity contribution in [1.29, 1.82) is 0 Å². The van der Waals surface area contributed by atoms with Gasteiger partial charge in [0.2, 0.25) is 5.91 Å². The van der Waals surface area contributed by atoms with Crippen LogP contribution >= 0.6 is 23.1 Å². The number of thioether (sulfide) groups is 1. The van der Waals surface area contributed by atoms with Crippen molar-refractivity contribution in [3.05, 3.63) is 27.2 Å². The molecule has 0 atom stereocenters. The van der Waals surface area contributed by atoms with Crippen LogP contribution < -0.4 is 0 Å². The first kappa shape index (κ1) is 17.0. The number of ether oxygens (including phenoxy) is 1. The summed E-state index contributed by atoms with van der Waals surface area (Å²) in [6.07, 6.45) is 1.39. The summed E-state index contributed by atoms with van der Waals surface area (Å²) in [5.74, 6) is -0.0779. The molecule has 0 aliphatic carbocycles. The first-order chi connectivity index (χ1) is 10.3. The molecule has 1 fully saturated rings. The fraction of sp³-hybridized carbons (Fsp3) is 0.533. The SMILES string of the molecule is CCOC(=O)/C=C1\SCC(=O)N1Cc1csc(C(C)(C)C)n1. The highest BCUT2D eigenvalue weighted by molar-refractivity contribution is 8.04. The average molecular weight is 340 g/mol. The van der Waals surface area contributed by atoms with Crippen molar-refractivity contribution in [2.24, 2.45) is 0 Å². The van der Waals surface area contributed by atoms with Crippen molar-refractivity contribution in [2.75, 3.05) is 12.4 Å². The van der Waals surface area contributed by atoms with Crippen molar-refractivity contribution in [1.82, 2.24) is 9.88 Å². The molecule has 1 aliphatic heterocycles. The van der Waals surface area contributed by atoms with Gasteiger partial charge in [0, 0.05) is 10.8 Å². The summed E-state index contributed by atoms with van der Waals surface area (Å²) in [7, 11) is 0. The Kier molecular flexibility index (Phi) is 5.28. The Bertz CT molecular complexity index is 602. The van der Waals surface area contributed by atoms with E-state index in [1.807, 2.05) is 5.38 Å². The predicted octanol–water partition coefficient (Wildman–Crippen LogP) is 2.92. The van der Waals surface area contributed by atoms with E-state index < -0.39 is 5.97 Å². The molecule has 7 heteroatoms. The molecule has 0 saturated carbocycles. The molecule has 0 N–H and O–H groups in total. The lowest BCUT2D eigenvalue weighted by Gasteiger charge is -2.16. The van der Waals surface area contributed by atoms with Crippen LogP contribution in [0.25, 0.3) is 0 Å². The van der Waals surface area contributed by atoms with E-state index in [-0.39, 0.29) is 11.3 Å². The van der Waals surface area contributed by atoms with E-state index in [0.717, 1.165) is 10.7 Å². The number of esters is 1. The van der Waals surface area contributed by atoms with Gasteiger partial charge in [0.15, 0.2) is 0 Å². The molecular weight excluding hydrogens is 320 g/mol. The molecule has 1 aromatic rings. The number of rotatable bonds is 4. The Morgan fingerprint density at radius 3 is 2.82 bits per heavy atom. The van der Waals surface area contributed by atoms with E-state index in [4.69, 9.17) is 4.74 Å². The van der Waals surface area contributed by atoms with Gasteiger partial charge in [-0.3, -0.25) is 9.69 Å². The lowest BCUT2D eigenvalue weighted by atomic mass is 9.98. The quantitative estimate of drug-likeness (QED) is 0.623. The number of amides is 1. The summed E-state index contributed by atoms with van der Waals surface area (Å²) in [6.45, 7) is 8.80. The fourth-order valence-electron chi connectivity index (χ4n) is 1.87. The molecule has 0 unspecified atom stereocenters. The molecule has 1 aromatic heterocycles. The van der Waals surface area contributed by atoms with Crippen molar-refractivity contribution in [3.63, 3.8) is 0 Å². The van der Waals surface area contributed by atoms with Crippen LogP contribution in [-0.2, 0) is 26.3 Å². The lowest BCUT2D eigenvalue weighted by molar-refractivity contribution is -0.137. The predicted molar refractivity (Wildman–Crippen MR) is 88.5 cm³/mol. The average Bonchev–Trinajstić information content (AvgIpc) is 3.00. The zero-order chi connectivity index (χ0) is 16.3. The second kappa shape index (κ2) is 6.83. The van der Waals surface area contributed by atoms with Gasteiger partial charge in [-0.25, -0.2) is 9.78 Å². The Balaban J connectivity index is 2.14. The highest BCUT2D eigenvalue weighted by Crippen LogP contribution is 2.32. The highest BCUT2D eigenvalue weighted by atomic mass is 32.2. The largest absolute Gasteiger partial charge is 0.463 e. The first-order valence-corrected chi connectivity index (χ1v) is 8.94. The third-order valence-electron chi connectivity index (χ3n) is 2.95. The van der Waals surface area contributed by atoms with Crippen molar-refractivity contribution >= 4 is 35.0 Å². The van der Waals surface area contributed by atoms with Crippen molar-refractivity contribution in [2.45, 2.75) is 39.7 Å². The van der Waals surface area contributed by atoms with Gasteiger partial charge in [0.1, 0.15) is 0 Å². The second-order valence-corrected chi connectivity index (χ2v) is 7.75. The summed E-state index contributed by atoms with van der Waals surface area (Å²) in [4.78, 5) is 29.8. The second-order valence-electron chi connectivity index (χ2n) is 5.90. The number of carbonyl (C=O) groups is 2. The molecule has 1 saturated heterocycles. The smallest absolute Gasteiger partial charge is 0.333 e. The van der Waals surface area contributed by atoms with Crippen LogP contribution in [0.15, 0.2) is 16.5 Å². The molecule has 0 bridgehead atoms. The van der Waals surface area contributed by atoms with Crippen LogP contribution in [0.1, 0.15) is 38.4 Å². The molecule has 2 rings (SSSR count). The molecule has 0 spiro atoms. The van der Waals surface area contributed by atoms with Gasteiger partial charge in [0.05, 0.1) is 40.7 Å². The van der Waals surface area contributed by atoms with Gasteiger partial charge in [-0.1, -0.05) is 32.5 Å². The molecule has 2 heterocycles. The molecule has 120 valence electrons. The fourth-order valence-corrected chi connectivity index (χ4v) is 3.70. The maximum absolute atomic E-state index is 12.0. The lowest BCUT2D eigenvalue weighted by Crippen LogP contribution is -2.25. The van der Waals surface area contributed by atoms with E-state index in [2.05, 4.69) is 25.8 Å². The van der Waals surface area contributed by atoms with E-state index in [9.17, 15) is 9.59 Å². The zero-order valence-corrected chi connectivity index (χ0v) is 14.8. The summed E-state index contributed by atoms with van der Waals surface area (Å²) in [6, 6.07) is 0. The normalized spacial score (nSPS) is 17.4. The van der Waals surface area contributed by atoms with Gasteiger partial charge in [-0.15, -0.1) is 11.3 Å². The summed E-state index contributed by atoms with van der Waals surface area (Å²) >= 11 is 2.95. The van der Waals surface area contributed by atoms with Gasteiger partial charge >= 0.3 is 5.97 Å². The standard InChI is InChI=1S/C15H20N2O3S2/c1-5-20-13(19)6-12-17(11(18)9-21-12)7-10-8-22-14(16-10)15(2,3)4/h6,8H,5,7,9H2,1-4H3/b12-6-. The minimum absolute atomic E-state index is 0.00368. The van der Waals surface area contributed by atoms with Gasteiger partial charge in [-0.2, -0.15) is 0 Å². The number of carbonyl (C=O) groups excluding carboxylic acids is 2. The molecule has 5 nitrogen and oxygen atoms in total. The van der Waals surface area contributed by atoms with Gasteiger partial charge in [0.25, 0.3) is 0 Å². The van der Waals surface area contributed by atoms with Gasteiger partial charge < -0.3 is 4.74 Å². The number of aromatic nitrogens is 1. The molecule has 0 aromatic carbocycles. The maximum atomic E-state index is 12.0. The van der Waals surface area contributed by atoms with E-state index in [0.29, 0.717) is 23.9 Å². The van der Waals surface area contributed by atoms with Crippen molar-refractivity contribution in [3.8, 4) is 0 Å². The Labute approximate surface area is 138 Å². The molecule has 22 heavy (non-hydrogen) atoms. The molecular formula is C15H20N2O3S2. The minimum Gasteiger partial charge on any atom is -0.463 e. The molecule has 1 amide bonds. The van der Waals surface area contributed by atoms with Crippen molar-refractivity contribution < 1.29 is 14.3 Å². The monoisotopic (exact) mass is 340 g/mol. The molecule has 0 radical (unpaired) electrons. The summed E-state index contributed by atoms with van der Waals surface area (Å²) in [5, 5.41) is 3.64. The Morgan fingerprint density at radius 2 is 2.23 bits per heavy atom.